The van der Waals surface area contributed by atoms with E-state index < -0.39 is 4.92 Å². The van der Waals surface area contributed by atoms with E-state index in [1.807, 2.05) is 43.3 Å². The van der Waals surface area contributed by atoms with Crippen LogP contribution in [0.5, 0.6) is 5.75 Å². The molecule has 0 aromatic heterocycles. The van der Waals surface area contributed by atoms with Gasteiger partial charge >= 0.3 is 0 Å². The molecule has 0 fully saturated rings. The Morgan fingerprint density at radius 3 is 2.11 bits per heavy atom. The van der Waals surface area contributed by atoms with E-state index >= 15 is 0 Å². The summed E-state index contributed by atoms with van der Waals surface area (Å²) in [5.41, 5.74) is 3.08. The van der Waals surface area contributed by atoms with Crippen molar-refractivity contribution < 1.29 is 14.4 Å². The Hall–Kier alpha value is -2.92. The zero-order chi connectivity index (χ0) is 19.5. The van der Waals surface area contributed by atoms with Crippen LogP contribution in [0.15, 0.2) is 60.7 Å². The summed E-state index contributed by atoms with van der Waals surface area (Å²) in [6.45, 7) is 7.76. The van der Waals surface area contributed by atoms with Gasteiger partial charge in [0.1, 0.15) is 5.75 Å². The number of unbranched alkanes of at least 4 members (excludes halogenated alkanes) is 1. The van der Waals surface area contributed by atoms with E-state index in [1.165, 1.54) is 12.1 Å². The largest absolute Gasteiger partial charge is 0.494 e. The Kier molecular flexibility index (Phi) is 8.26. The van der Waals surface area contributed by atoms with Crippen molar-refractivity contribution in [2.24, 2.45) is 0 Å². The SMILES string of the molecule is C=C(C)COCCCCOc1ccc(/C=C/c2ccc([N+](=O)[O-])cc2)cc1. The van der Waals surface area contributed by atoms with Crippen molar-refractivity contribution in [3.05, 3.63) is 81.9 Å². The molecule has 0 aliphatic rings. The maximum Gasteiger partial charge on any atom is 0.269 e. The number of hydrogen-bond acceptors (Lipinski definition) is 4. The third-order valence-electron chi connectivity index (χ3n) is 3.75. The summed E-state index contributed by atoms with van der Waals surface area (Å²) in [6, 6.07) is 14.3. The number of rotatable bonds is 11. The van der Waals surface area contributed by atoms with E-state index in [0.717, 1.165) is 41.9 Å². The number of nitro benzene ring substituents is 1. The van der Waals surface area contributed by atoms with Gasteiger partial charge < -0.3 is 9.47 Å². The van der Waals surface area contributed by atoms with Crippen molar-refractivity contribution in [3.63, 3.8) is 0 Å². The van der Waals surface area contributed by atoms with E-state index in [4.69, 9.17) is 9.47 Å². The summed E-state index contributed by atoms with van der Waals surface area (Å²) in [7, 11) is 0. The molecule has 0 aliphatic carbocycles. The average molecular weight is 367 g/mol. The molecule has 27 heavy (non-hydrogen) atoms. The topological polar surface area (TPSA) is 61.6 Å². The highest BCUT2D eigenvalue weighted by Gasteiger charge is 2.02. The van der Waals surface area contributed by atoms with Crippen molar-refractivity contribution in [1.29, 1.82) is 0 Å². The predicted molar refractivity (Wildman–Crippen MR) is 109 cm³/mol. The molecule has 0 atom stereocenters. The molecular weight excluding hydrogens is 342 g/mol. The number of benzene rings is 2. The minimum Gasteiger partial charge on any atom is -0.494 e. The predicted octanol–water partition coefficient (Wildman–Crippen LogP) is 5.52. The second kappa shape index (κ2) is 10.9. The summed E-state index contributed by atoms with van der Waals surface area (Å²) in [6.07, 6.45) is 5.79. The van der Waals surface area contributed by atoms with Gasteiger partial charge in [0, 0.05) is 18.7 Å². The molecule has 0 spiro atoms. The summed E-state index contributed by atoms with van der Waals surface area (Å²) in [5.74, 6) is 0.838. The molecule has 0 radical (unpaired) electrons. The first-order valence-corrected chi connectivity index (χ1v) is 8.92. The lowest BCUT2D eigenvalue weighted by molar-refractivity contribution is -0.384. The Bertz CT molecular complexity index is 764. The summed E-state index contributed by atoms with van der Waals surface area (Å²) in [5, 5.41) is 10.7. The summed E-state index contributed by atoms with van der Waals surface area (Å²) in [4.78, 5) is 10.3. The Morgan fingerprint density at radius 2 is 1.56 bits per heavy atom. The van der Waals surface area contributed by atoms with Gasteiger partial charge in [-0.25, -0.2) is 0 Å². The fourth-order valence-electron chi connectivity index (χ4n) is 2.32. The van der Waals surface area contributed by atoms with Gasteiger partial charge in [0.25, 0.3) is 5.69 Å². The number of non-ortho nitro benzene ring substituents is 1. The Labute approximate surface area is 160 Å². The molecule has 0 heterocycles. The lowest BCUT2D eigenvalue weighted by atomic mass is 10.1. The van der Waals surface area contributed by atoms with Crippen LogP contribution in [0.25, 0.3) is 12.2 Å². The first-order valence-electron chi connectivity index (χ1n) is 8.92. The minimum atomic E-state index is -0.401. The standard InChI is InChI=1S/C22H25NO4/c1-18(2)17-26-15-3-4-16-27-22-13-9-20(10-14-22)6-5-19-7-11-21(12-8-19)23(24)25/h5-14H,1,3-4,15-17H2,2H3/b6-5+. The van der Waals surface area contributed by atoms with E-state index in [-0.39, 0.29) is 5.69 Å². The summed E-state index contributed by atoms with van der Waals surface area (Å²) < 4.78 is 11.2. The van der Waals surface area contributed by atoms with Crippen molar-refractivity contribution in [3.8, 4) is 5.75 Å². The minimum absolute atomic E-state index is 0.0935. The maximum atomic E-state index is 10.7. The highest BCUT2D eigenvalue weighted by Crippen LogP contribution is 2.17. The highest BCUT2D eigenvalue weighted by molar-refractivity contribution is 5.70. The second-order valence-electron chi connectivity index (χ2n) is 6.32. The van der Waals surface area contributed by atoms with Crippen LogP contribution in [-0.2, 0) is 4.74 Å². The van der Waals surface area contributed by atoms with Crippen molar-refractivity contribution in [2.75, 3.05) is 19.8 Å². The van der Waals surface area contributed by atoms with E-state index in [1.54, 1.807) is 12.1 Å². The van der Waals surface area contributed by atoms with E-state index in [9.17, 15) is 10.1 Å². The molecule has 0 N–H and O–H groups in total. The fraction of sp³-hybridized carbons (Fsp3) is 0.273. The van der Waals surface area contributed by atoms with Gasteiger partial charge in [-0.2, -0.15) is 0 Å². The molecule has 5 nitrogen and oxygen atoms in total. The van der Waals surface area contributed by atoms with E-state index in [2.05, 4.69) is 6.58 Å². The van der Waals surface area contributed by atoms with Crippen LogP contribution in [0.2, 0.25) is 0 Å². The van der Waals surface area contributed by atoms with Crippen LogP contribution in [0.1, 0.15) is 30.9 Å². The Morgan fingerprint density at radius 1 is 1.00 bits per heavy atom. The van der Waals surface area contributed by atoms with Gasteiger partial charge in [0.05, 0.1) is 18.1 Å². The second-order valence-corrected chi connectivity index (χ2v) is 6.32. The molecule has 0 saturated carbocycles. The normalized spacial score (nSPS) is 10.9. The molecule has 0 saturated heterocycles. The van der Waals surface area contributed by atoms with Crippen LogP contribution in [-0.4, -0.2) is 24.7 Å². The van der Waals surface area contributed by atoms with Crippen LogP contribution in [0.3, 0.4) is 0 Å². The third kappa shape index (κ3) is 7.88. The van der Waals surface area contributed by atoms with Crippen LogP contribution in [0.4, 0.5) is 5.69 Å². The van der Waals surface area contributed by atoms with Crippen molar-refractivity contribution in [1.82, 2.24) is 0 Å². The lowest BCUT2D eigenvalue weighted by Gasteiger charge is -2.07. The maximum absolute atomic E-state index is 10.7. The lowest BCUT2D eigenvalue weighted by Crippen LogP contribution is -2.02. The molecule has 0 bridgehead atoms. The monoisotopic (exact) mass is 367 g/mol. The van der Waals surface area contributed by atoms with Gasteiger partial charge in [-0.05, 0) is 55.2 Å². The molecule has 5 heteroatoms. The summed E-state index contributed by atoms with van der Waals surface area (Å²) >= 11 is 0. The quantitative estimate of drug-likeness (QED) is 0.173. The highest BCUT2D eigenvalue weighted by atomic mass is 16.6. The number of nitro groups is 1. The molecule has 0 amide bonds. The average Bonchev–Trinajstić information content (AvgIpc) is 2.66. The van der Waals surface area contributed by atoms with Crippen LogP contribution >= 0.6 is 0 Å². The molecule has 0 unspecified atom stereocenters. The number of ether oxygens (including phenoxy) is 2. The van der Waals surface area contributed by atoms with E-state index in [0.29, 0.717) is 13.2 Å². The first kappa shape index (κ1) is 20.4. The smallest absolute Gasteiger partial charge is 0.269 e. The van der Waals surface area contributed by atoms with Gasteiger partial charge in [-0.1, -0.05) is 36.4 Å². The molecule has 142 valence electrons. The molecular formula is C22H25NO4. The van der Waals surface area contributed by atoms with Crippen molar-refractivity contribution in [2.45, 2.75) is 19.8 Å². The Balaban J connectivity index is 1.73. The molecule has 2 aromatic carbocycles. The van der Waals surface area contributed by atoms with Crippen LogP contribution < -0.4 is 4.74 Å². The van der Waals surface area contributed by atoms with Gasteiger partial charge in [-0.3, -0.25) is 10.1 Å². The zero-order valence-corrected chi connectivity index (χ0v) is 15.6. The number of hydrogen-bond donors (Lipinski definition) is 0. The van der Waals surface area contributed by atoms with Crippen LogP contribution in [0, 0.1) is 10.1 Å². The zero-order valence-electron chi connectivity index (χ0n) is 15.6. The third-order valence-corrected chi connectivity index (χ3v) is 3.75. The van der Waals surface area contributed by atoms with Gasteiger partial charge in [0.2, 0.25) is 0 Å². The fourth-order valence-corrected chi connectivity index (χ4v) is 2.32. The van der Waals surface area contributed by atoms with Gasteiger partial charge in [0.15, 0.2) is 0 Å². The molecule has 2 rings (SSSR count). The van der Waals surface area contributed by atoms with Gasteiger partial charge in [-0.15, -0.1) is 0 Å². The number of nitrogens with zero attached hydrogens (tertiary/aromatic N) is 1. The first-order chi connectivity index (χ1) is 13.0. The molecule has 0 aliphatic heterocycles. The molecule has 2 aromatic rings. The van der Waals surface area contributed by atoms with Crippen molar-refractivity contribution >= 4 is 17.8 Å².